The molecule has 0 aliphatic rings. The van der Waals surface area contributed by atoms with Gasteiger partial charge in [0.25, 0.3) is 5.91 Å². The molecule has 1 aromatic carbocycles. The third-order valence-corrected chi connectivity index (χ3v) is 3.80. The number of nitrogens with one attached hydrogen (secondary N) is 1. The molecule has 0 saturated carbocycles. The second-order valence-electron chi connectivity index (χ2n) is 5.70. The number of hydrogen-bond acceptors (Lipinski definition) is 4. The van der Waals surface area contributed by atoms with Crippen molar-refractivity contribution in [2.45, 2.75) is 19.5 Å². The van der Waals surface area contributed by atoms with E-state index in [9.17, 15) is 14.0 Å². The molecule has 0 aliphatic carbocycles. The molecule has 2 N–H and O–H groups in total. The molecule has 26 heavy (non-hydrogen) atoms. The summed E-state index contributed by atoms with van der Waals surface area (Å²) >= 11 is 0. The summed E-state index contributed by atoms with van der Waals surface area (Å²) in [7, 11) is 0. The zero-order valence-electron chi connectivity index (χ0n) is 13.8. The summed E-state index contributed by atoms with van der Waals surface area (Å²) in [6.45, 7) is 1.69. The Kier molecular flexibility index (Phi) is 4.78. The van der Waals surface area contributed by atoms with Gasteiger partial charge in [-0.05, 0) is 13.0 Å². The van der Waals surface area contributed by atoms with Crippen LogP contribution in [0.1, 0.15) is 28.9 Å². The highest BCUT2D eigenvalue weighted by molar-refractivity contribution is 6.03. The lowest BCUT2D eigenvalue weighted by molar-refractivity contribution is -0.140. The summed E-state index contributed by atoms with van der Waals surface area (Å²) in [6, 6.07) is 5.50. The summed E-state index contributed by atoms with van der Waals surface area (Å²) in [5.74, 6) is -1.82. The van der Waals surface area contributed by atoms with E-state index < -0.39 is 17.9 Å². The lowest BCUT2D eigenvalue weighted by Crippen LogP contribution is -2.16. The fraction of sp³-hybridized carbons (Fsp3) is 0.176. The van der Waals surface area contributed by atoms with E-state index in [0.717, 1.165) is 0 Å². The van der Waals surface area contributed by atoms with Crippen LogP contribution in [-0.2, 0) is 11.3 Å². The van der Waals surface area contributed by atoms with Crippen LogP contribution < -0.4 is 5.32 Å². The van der Waals surface area contributed by atoms with Gasteiger partial charge in [-0.3, -0.25) is 14.2 Å². The monoisotopic (exact) mass is 357 g/mol. The summed E-state index contributed by atoms with van der Waals surface area (Å²) < 4.78 is 16.4. The number of benzene rings is 1. The summed E-state index contributed by atoms with van der Waals surface area (Å²) in [6.07, 6.45) is 5.67. The molecule has 8 nitrogen and oxygen atoms in total. The topological polar surface area (TPSA) is 102 Å². The first kappa shape index (κ1) is 17.3. The van der Waals surface area contributed by atoms with Crippen LogP contribution in [0.15, 0.2) is 49.1 Å². The molecule has 2 heterocycles. The van der Waals surface area contributed by atoms with Crippen molar-refractivity contribution in [2.24, 2.45) is 0 Å². The molecular formula is C17H16FN5O3. The first-order chi connectivity index (χ1) is 12.4. The van der Waals surface area contributed by atoms with Gasteiger partial charge in [0, 0.05) is 18.0 Å². The van der Waals surface area contributed by atoms with Crippen molar-refractivity contribution in [3.8, 4) is 0 Å². The smallest absolute Gasteiger partial charge is 0.328 e. The van der Waals surface area contributed by atoms with Crippen LogP contribution in [-0.4, -0.2) is 36.5 Å². The van der Waals surface area contributed by atoms with Crippen LogP contribution >= 0.6 is 0 Å². The second-order valence-corrected chi connectivity index (χ2v) is 5.70. The Bertz CT molecular complexity index is 949. The number of carbonyl (C=O) groups is 2. The molecular weight excluding hydrogens is 341 g/mol. The van der Waals surface area contributed by atoms with Gasteiger partial charge in [-0.1, -0.05) is 18.2 Å². The molecule has 0 spiro atoms. The maximum atomic E-state index is 13.7. The van der Waals surface area contributed by atoms with E-state index in [0.29, 0.717) is 11.3 Å². The summed E-state index contributed by atoms with van der Waals surface area (Å²) in [5, 5.41) is 19.6. The molecule has 0 fully saturated rings. The average molecular weight is 357 g/mol. The Hall–Kier alpha value is -3.49. The highest BCUT2D eigenvalue weighted by Crippen LogP contribution is 2.13. The number of rotatable bonds is 6. The van der Waals surface area contributed by atoms with Gasteiger partial charge >= 0.3 is 5.97 Å². The van der Waals surface area contributed by atoms with E-state index in [1.54, 1.807) is 24.4 Å². The molecule has 0 bridgehead atoms. The Morgan fingerprint density at radius 1 is 1.23 bits per heavy atom. The molecule has 134 valence electrons. The van der Waals surface area contributed by atoms with Crippen LogP contribution in [0.3, 0.4) is 0 Å². The molecule has 3 aromatic rings. The van der Waals surface area contributed by atoms with Gasteiger partial charge in [0.1, 0.15) is 11.9 Å². The number of carbonyl (C=O) groups excluding carboxylic acids is 1. The third-order valence-electron chi connectivity index (χ3n) is 3.80. The minimum atomic E-state index is -1.05. The predicted octanol–water partition coefficient (Wildman–Crippen LogP) is 2.16. The number of aliphatic carboxylic acids is 1. The number of carboxylic acid groups (broad SMARTS) is 1. The largest absolute Gasteiger partial charge is 0.480 e. The lowest BCUT2D eigenvalue weighted by atomic mass is 10.2. The van der Waals surface area contributed by atoms with Crippen molar-refractivity contribution in [1.29, 1.82) is 0 Å². The zero-order chi connectivity index (χ0) is 18.7. The summed E-state index contributed by atoms with van der Waals surface area (Å²) in [4.78, 5) is 23.2. The number of halogens is 1. The number of amides is 1. The van der Waals surface area contributed by atoms with E-state index in [1.165, 1.54) is 40.9 Å². The average Bonchev–Trinajstić information content (AvgIpc) is 3.26. The number of carboxylic acids is 1. The predicted molar refractivity (Wildman–Crippen MR) is 90.3 cm³/mol. The SMILES string of the molecule is CC(C(=O)O)n1cc(C(=O)Nc2cnn(Cc3ccccc3F)c2)cn1. The van der Waals surface area contributed by atoms with Crippen molar-refractivity contribution in [3.05, 3.63) is 66.0 Å². The van der Waals surface area contributed by atoms with E-state index in [2.05, 4.69) is 15.5 Å². The van der Waals surface area contributed by atoms with Gasteiger partial charge in [0.2, 0.25) is 0 Å². The lowest BCUT2D eigenvalue weighted by Gasteiger charge is -2.05. The Labute approximate surface area is 147 Å². The first-order valence-electron chi connectivity index (χ1n) is 7.78. The van der Waals surface area contributed by atoms with Gasteiger partial charge in [-0.25, -0.2) is 9.18 Å². The van der Waals surface area contributed by atoms with Gasteiger partial charge < -0.3 is 10.4 Å². The van der Waals surface area contributed by atoms with Gasteiger partial charge in [0.05, 0.1) is 30.2 Å². The highest BCUT2D eigenvalue weighted by atomic mass is 19.1. The van der Waals surface area contributed by atoms with Crippen LogP contribution in [0.4, 0.5) is 10.1 Å². The van der Waals surface area contributed by atoms with Crippen molar-refractivity contribution < 1.29 is 19.1 Å². The minimum Gasteiger partial charge on any atom is -0.480 e. The van der Waals surface area contributed by atoms with Crippen molar-refractivity contribution >= 4 is 17.6 Å². The maximum absolute atomic E-state index is 13.7. The van der Waals surface area contributed by atoms with Crippen LogP contribution in [0.2, 0.25) is 0 Å². The van der Waals surface area contributed by atoms with Crippen LogP contribution in [0, 0.1) is 5.82 Å². The Balaban J connectivity index is 1.66. The first-order valence-corrected chi connectivity index (χ1v) is 7.78. The molecule has 1 atom stereocenters. The zero-order valence-corrected chi connectivity index (χ0v) is 13.8. The molecule has 3 rings (SSSR count). The fourth-order valence-corrected chi connectivity index (χ4v) is 2.30. The molecule has 0 saturated heterocycles. The molecule has 1 unspecified atom stereocenters. The van der Waals surface area contributed by atoms with Gasteiger partial charge in [0.15, 0.2) is 0 Å². The number of anilines is 1. The van der Waals surface area contributed by atoms with Crippen molar-refractivity contribution in [2.75, 3.05) is 5.32 Å². The van der Waals surface area contributed by atoms with E-state index in [1.807, 2.05) is 0 Å². The Morgan fingerprint density at radius 2 is 2.00 bits per heavy atom. The molecule has 0 radical (unpaired) electrons. The minimum absolute atomic E-state index is 0.222. The van der Waals surface area contributed by atoms with Crippen LogP contribution in [0.25, 0.3) is 0 Å². The third kappa shape index (κ3) is 3.77. The van der Waals surface area contributed by atoms with E-state index in [-0.39, 0.29) is 17.9 Å². The standard InChI is InChI=1S/C17H16FN5O3/c1-11(17(25)26)23-9-13(6-20-23)16(24)21-14-7-19-22(10-14)8-12-4-2-3-5-15(12)18/h2-7,9-11H,8H2,1H3,(H,21,24)(H,25,26). The van der Waals surface area contributed by atoms with Crippen molar-refractivity contribution in [3.63, 3.8) is 0 Å². The van der Waals surface area contributed by atoms with E-state index >= 15 is 0 Å². The maximum Gasteiger partial charge on any atom is 0.328 e. The van der Waals surface area contributed by atoms with Crippen LogP contribution in [0.5, 0.6) is 0 Å². The van der Waals surface area contributed by atoms with Gasteiger partial charge in [-0.2, -0.15) is 10.2 Å². The normalized spacial score (nSPS) is 11.9. The fourth-order valence-electron chi connectivity index (χ4n) is 2.30. The second kappa shape index (κ2) is 7.18. The number of nitrogens with zero attached hydrogens (tertiary/aromatic N) is 4. The van der Waals surface area contributed by atoms with E-state index in [4.69, 9.17) is 5.11 Å². The molecule has 1 amide bonds. The quantitative estimate of drug-likeness (QED) is 0.704. The van der Waals surface area contributed by atoms with Gasteiger partial charge in [-0.15, -0.1) is 0 Å². The Morgan fingerprint density at radius 3 is 2.73 bits per heavy atom. The number of aromatic nitrogens is 4. The summed E-state index contributed by atoms with van der Waals surface area (Å²) in [5.41, 5.74) is 1.14. The molecule has 2 aromatic heterocycles. The highest BCUT2D eigenvalue weighted by Gasteiger charge is 2.17. The molecule has 0 aliphatic heterocycles. The number of hydrogen-bond donors (Lipinski definition) is 2. The molecule has 9 heteroatoms. The van der Waals surface area contributed by atoms with Crippen molar-refractivity contribution in [1.82, 2.24) is 19.6 Å².